The highest BCUT2D eigenvalue weighted by atomic mass is 16.6. The summed E-state index contributed by atoms with van der Waals surface area (Å²) in [6.45, 7) is 0. The zero-order valence-corrected chi connectivity index (χ0v) is 9.84. The minimum absolute atomic E-state index is 0.0242. The minimum atomic E-state index is -0.379. The molecular formula is C13H18N2O2. The first-order valence-electron chi connectivity index (χ1n) is 6.18. The maximum atomic E-state index is 10.6. The molecule has 1 fully saturated rings. The fourth-order valence-corrected chi connectivity index (χ4v) is 2.58. The molecule has 2 rings (SSSR count). The molecule has 1 saturated carbocycles. The molecule has 0 heterocycles. The van der Waals surface area contributed by atoms with Crippen LogP contribution in [0.5, 0.6) is 0 Å². The molecule has 1 aromatic rings. The summed E-state index contributed by atoms with van der Waals surface area (Å²) in [6.07, 6.45) is 6.18. The van der Waals surface area contributed by atoms with Crippen LogP contribution in [0.25, 0.3) is 0 Å². The number of nitrogens with zero attached hydrogens (tertiary/aromatic N) is 1. The highest BCUT2D eigenvalue weighted by Gasteiger charge is 2.22. The van der Waals surface area contributed by atoms with Gasteiger partial charge in [-0.15, -0.1) is 0 Å². The Hall–Kier alpha value is -1.42. The maximum absolute atomic E-state index is 10.6. The van der Waals surface area contributed by atoms with E-state index in [2.05, 4.69) is 0 Å². The van der Waals surface area contributed by atoms with E-state index in [-0.39, 0.29) is 16.7 Å². The lowest BCUT2D eigenvalue weighted by Gasteiger charge is -2.27. The van der Waals surface area contributed by atoms with E-state index in [9.17, 15) is 10.1 Å². The molecule has 0 aliphatic heterocycles. The topological polar surface area (TPSA) is 69.2 Å². The van der Waals surface area contributed by atoms with Crippen LogP contribution in [0.3, 0.4) is 0 Å². The van der Waals surface area contributed by atoms with Crippen molar-refractivity contribution >= 4 is 5.69 Å². The fourth-order valence-electron chi connectivity index (χ4n) is 2.58. The zero-order valence-electron chi connectivity index (χ0n) is 9.84. The number of hydrogen-bond donors (Lipinski definition) is 1. The first kappa shape index (κ1) is 12.0. The fraction of sp³-hybridized carbons (Fsp3) is 0.538. The SMILES string of the molecule is N[C@@H](c1ccc([N+](=O)[O-])cc1)C1CCCCC1. The van der Waals surface area contributed by atoms with Crippen LogP contribution in [0.1, 0.15) is 43.7 Å². The number of nitrogens with two attached hydrogens (primary N) is 1. The van der Waals surface area contributed by atoms with Gasteiger partial charge >= 0.3 is 0 Å². The van der Waals surface area contributed by atoms with E-state index in [0.717, 1.165) is 5.56 Å². The molecular weight excluding hydrogens is 216 g/mol. The largest absolute Gasteiger partial charge is 0.324 e. The van der Waals surface area contributed by atoms with Crippen LogP contribution in [0.15, 0.2) is 24.3 Å². The van der Waals surface area contributed by atoms with Crippen LogP contribution >= 0.6 is 0 Å². The van der Waals surface area contributed by atoms with Crippen molar-refractivity contribution in [1.82, 2.24) is 0 Å². The number of benzene rings is 1. The molecule has 0 aromatic heterocycles. The third kappa shape index (κ3) is 2.82. The zero-order chi connectivity index (χ0) is 12.3. The summed E-state index contributed by atoms with van der Waals surface area (Å²) in [7, 11) is 0. The van der Waals surface area contributed by atoms with Crippen molar-refractivity contribution in [2.24, 2.45) is 11.7 Å². The van der Waals surface area contributed by atoms with Crippen LogP contribution < -0.4 is 5.73 Å². The first-order valence-corrected chi connectivity index (χ1v) is 6.18. The third-order valence-electron chi connectivity index (χ3n) is 3.65. The van der Waals surface area contributed by atoms with E-state index in [1.165, 1.54) is 44.2 Å². The smallest absolute Gasteiger partial charge is 0.269 e. The second-order valence-electron chi connectivity index (χ2n) is 4.77. The molecule has 1 aliphatic carbocycles. The van der Waals surface area contributed by atoms with Crippen molar-refractivity contribution in [2.75, 3.05) is 0 Å². The Morgan fingerprint density at radius 3 is 2.29 bits per heavy atom. The van der Waals surface area contributed by atoms with E-state index in [4.69, 9.17) is 5.73 Å². The Morgan fingerprint density at radius 2 is 1.76 bits per heavy atom. The lowest BCUT2D eigenvalue weighted by Crippen LogP contribution is -2.23. The second kappa shape index (κ2) is 5.27. The molecule has 4 nitrogen and oxygen atoms in total. The Bertz CT molecular complexity index is 383. The Labute approximate surface area is 101 Å². The Kier molecular flexibility index (Phi) is 3.74. The van der Waals surface area contributed by atoms with Crippen LogP contribution in [-0.4, -0.2) is 4.92 Å². The quantitative estimate of drug-likeness (QED) is 0.645. The summed E-state index contributed by atoms with van der Waals surface area (Å²) in [6, 6.07) is 6.68. The van der Waals surface area contributed by atoms with Gasteiger partial charge in [-0.05, 0) is 24.3 Å². The summed E-state index contributed by atoms with van der Waals surface area (Å²) in [5.41, 5.74) is 7.37. The van der Waals surface area contributed by atoms with Gasteiger partial charge in [0, 0.05) is 18.2 Å². The molecule has 1 aliphatic rings. The van der Waals surface area contributed by atoms with Gasteiger partial charge in [0.05, 0.1) is 4.92 Å². The average Bonchev–Trinajstić information content (AvgIpc) is 2.39. The molecule has 0 saturated heterocycles. The van der Waals surface area contributed by atoms with Crippen LogP contribution in [0, 0.1) is 16.0 Å². The second-order valence-corrected chi connectivity index (χ2v) is 4.77. The van der Waals surface area contributed by atoms with E-state index in [1.807, 2.05) is 0 Å². The number of nitro groups is 1. The summed E-state index contributed by atoms with van der Waals surface area (Å²) in [4.78, 5) is 10.2. The van der Waals surface area contributed by atoms with E-state index in [1.54, 1.807) is 12.1 Å². The first-order chi connectivity index (χ1) is 8.18. The third-order valence-corrected chi connectivity index (χ3v) is 3.65. The van der Waals surface area contributed by atoms with Crippen LogP contribution in [0.4, 0.5) is 5.69 Å². The number of hydrogen-bond acceptors (Lipinski definition) is 3. The molecule has 4 heteroatoms. The highest BCUT2D eigenvalue weighted by Crippen LogP contribution is 2.33. The van der Waals surface area contributed by atoms with Crippen molar-refractivity contribution in [2.45, 2.75) is 38.1 Å². The molecule has 0 radical (unpaired) electrons. The Balaban J connectivity index is 2.07. The average molecular weight is 234 g/mol. The van der Waals surface area contributed by atoms with Gasteiger partial charge in [-0.1, -0.05) is 31.4 Å². The Morgan fingerprint density at radius 1 is 1.18 bits per heavy atom. The summed E-state index contributed by atoms with van der Waals surface area (Å²) < 4.78 is 0. The molecule has 1 aromatic carbocycles. The predicted molar refractivity (Wildman–Crippen MR) is 66.6 cm³/mol. The van der Waals surface area contributed by atoms with Crippen molar-refractivity contribution in [3.8, 4) is 0 Å². The summed E-state index contributed by atoms with van der Waals surface area (Å²) in [5, 5.41) is 10.6. The molecule has 0 spiro atoms. The lowest BCUT2D eigenvalue weighted by molar-refractivity contribution is -0.384. The van der Waals surface area contributed by atoms with Crippen molar-refractivity contribution in [1.29, 1.82) is 0 Å². The molecule has 2 N–H and O–H groups in total. The van der Waals surface area contributed by atoms with Gasteiger partial charge in [0.15, 0.2) is 0 Å². The van der Waals surface area contributed by atoms with E-state index in [0.29, 0.717) is 5.92 Å². The van der Waals surface area contributed by atoms with Crippen molar-refractivity contribution in [3.63, 3.8) is 0 Å². The van der Waals surface area contributed by atoms with Gasteiger partial charge in [-0.25, -0.2) is 0 Å². The predicted octanol–water partition coefficient (Wildman–Crippen LogP) is 3.17. The van der Waals surface area contributed by atoms with Crippen molar-refractivity contribution in [3.05, 3.63) is 39.9 Å². The molecule has 92 valence electrons. The molecule has 1 atom stereocenters. The normalized spacial score (nSPS) is 18.9. The van der Waals surface area contributed by atoms with E-state index < -0.39 is 0 Å². The van der Waals surface area contributed by atoms with Gasteiger partial charge in [-0.3, -0.25) is 10.1 Å². The van der Waals surface area contributed by atoms with E-state index >= 15 is 0 Å². The summed E-state index contributed by atoms with van der Waals surface area (Å²) in [5.74, 6) is 0.533. The molecule has 0 amide bonds. The van der Waals surface area contributed by atoms with Gasteiger partial charge < -0.3 is 5.73 Å². The van der Waals surface area contributed by atoms with Crippen molar-refractivity contribution < 1.29 is 4.92 Å². The van der Waals surface area contributed by atoms with Crippen LogP contribution in [0.2, 0.25) is 0 Å². The number of rotatable bonds is 3. The molecule has 0 unspecified atom stereocenters. The molecule has 0 bridgehead atoms. The molecule has 17 heavy (non-hydrogen) atoms. The minimum Gasteiger partial charge on any atom is -0.324 e. The van der Waals surface area contributed by atoms with Crippen LogP contribution in [-0.2, 0) is 0 Å². The number of non-ortho nitro benzene ring substituents is 1. The lowest BCUT2D eigenvalue weighted by atomic mass is 9.81. The standard InChI is InChI=1S/C13H18N2O2/c14-13(10-4-2-1-3-5-10)11-6-8-12(9-7-11)15(16)17/h6-10,13H,1-5,14H2/t13-/m1/s1. The van der Waals surface area contributed by atoms with Gasteiger partial charge in [-0.2, -0.15) is 0 Å². The summed E-state index contributed by atoms with van der Waals surface area (Å²) >= 11 is 0. The van der Waals surface area contributed by atoms with Gasteiger partial charge in [0.25, 0.3) is 5.69 Å². The van der Waals surface area contributed by atoms with Gasteiger partial charge in [0.2, 0.25) is 0 Å². The van der Waals surface area contributed by atoms with Gasteiger partial charge in [0.1, 0.15) is 0 Å². The highest BCUT2D eigenvalue weighted by molar-refractivity contribution is 5.34. The number of nitro benzene ring substituents is 1. The monoisotopic (exact) mass is 234 g/mol. The maximum Gasteiger partial charge on any atom is 0.269 e.